The number of pyridine rings is 1. The van der Waals surface area contributed by atoms with Gasteiger partial charge in [-0.15, -0.1) is 0 Å². The van der Waals surface area contributed by atoms with E-state index in [9.17, 15) is 0 Å². The fraction of sp³-hybridized carbons (Fsp3) is 0.400. The van der Waals surface area contributed by atoms with Crippen molar-refractivity contribution in [3.05, 3.63) is 53.7 Å². The van der Waals surface area contributed by atoms with Gasteiger partial charge in [0.05, 0.1) is 19.2 Å². The van der Waals surface area contributed by atoms with Gasteiger partial charge in [-0.2, -0.15) is 0 Å². The van der Waals surface area contributed by atoms with E-state index in [1.807, 2.05) is 30.5 Å². The minimum atomic E-state index is 0.140. The number of guanidine groups is 1. The smallest absolute Gasteiger partial charge is 0.189 e. The van der Waals surface area contributed by atoms with Gasteiger partial charge in [-0.1, -0.05) is 18.2 Å². The maximum Gasteiger partial charge on any atom is 0.189 e. The van der Waals surface area contributed by atoms with E-state index in [1.54, 1.807) is 0 Å². The Kier molecular flexibility index (Phi) is 4.91. The number of anilines is 1. The first-order chi connectivity index (χ1) is 12.8. The lowest BCUT2D eigenvalue weighted by Gasteiger charge is -2.26. The Morgan fingerprint density at radius 2 is 2.12 bits per heavy atom. The average Bonchev–Trinajstić information content (AvgIpc) is 3.22. The zero-order chi connectivity index (χ0) is 17.8. The number of benzene rings is 1. The standard InChI is InChI=1S/C20H25N5O/c21-20(24-17-8-12-26-18-6-2-1-5-16(17)18)23-14-15-7-9-22-19(13-15)25-10-3-4-11-25/h1-2,5-7,9,13,17H,3-4,8,10-12,14H2,(H3,21,23,24). The number of aliphatic imine (C=N–C) groups is 1. The number of nitrogens with zero attached hydrogens (tertiary/aromatic N) is 3. The Labute approximate surface area is 154 Å². The molecule has 26 heavy (non-hydrogen) atoms. The number of nitrogens with one attached hydrogen (secondary N) is 1. The molecule has 0 radical (unpaired) electrons. The maximum atomic E-state index is 6.14. The fourth-order valence-electron chi connectivity index (χ4n) is 3.57. The summed E-state index contributed by atoms with van der Waals surface area (Å²) in [6.07, 6.45) is 5.22. The second kappa shape index (κ2) is 7.64. The van der Waals surface area contributed by atoms with Gasteiger partial charge < -0.3 is 20.7 Å². The molecule has 3 heterocycles. The molecule has 1 aromatic heterocycles. The van der Waals surface area contributed by atoms with Crippen molar-refractivity contribution in [2.75, 3.05) is 24.6 Å². The predicted molar refractivity (Wildman–Crippen MR) is 103 cm³/mol. The number of hydrogen-bond donors (Lipinski definition) is 2. The first-order valence-corrected chi connectivity index (χ1v) is 9.28. The van der Waals surface area contributed by atoms with Crippen molar-refractivity contribution in [1.82, 2.24) is 10.3 Å². The van der Waals surface area contributed by atoms with Crippen LogP contribution in [0.4, 0.5) is 5.82 Å². The molecule has 136 valence electrons. The second-order valence-electron chi connectivity index (χ2n) is 6.79. The summed E-state index contributed by atoms with van der Waals surface area (Å²) < 4.78 is 5.69. The highest BCUT2D eigenvalue weighted by molar-refractivity contribution is 5.78. The lowest BCUT2D eigenvalue weighted by molar-refractivity contribution is 0.262. The topological polar surface area (TPSA) is 75.8 Å². The molecule has 4 rings (SSSR count). The van der Waals surface area contributed by atoms with Crippen molar-refractivity contribution in [2.45, 2.75) is 31.8 Å². The SMILES string of the molecule is NC(=NCc1ccnc(N2CCCC2)c1)NC1CCOc2ccccc21. The number of nitrogens with two attached hydrogens (primary N) is 1. The molecule has 1 unspecified atom stereocenters. The van der Waals surface area contributed by atoms with E-state index < -0.39 is 0 Å². The van der Waals surface area contributed by atoms with E-state index in [0.717, 1.165) is 42.2 Å². The molecule has 0 aliphatic carbocycles. The highest BCUT2D eigenvalue weighted by atomic mass is 16.5. The lowest BCUT2D eigenvalue weighted by atomic mass is 10.0. The Bertz CT molecular complexity index is 785. The molecule has 3 N–H and O–H groups in total. The number of fused-ring (bicyclic) bond motifs is 1. The van der Waals surface area contributed by atoms with Gasteiger partial charge in [0.25, 0.3) is 0 Å². The molecule has 6 nitrogen and oxygen atoms in total. The van der Waals surface area contributed by atoms with Crippen LogP contribution in [-0.4, -0.2) is 30.6 Å². The summed E-state index contributed by atoms with van der Waals surface area (Å²) in [5.74, 6) is 2.43. The summed E-state index contributed by atoms with van der Waals surface area (Å²) in [4.78, 5) is 11.3. The van der Waals surface area contributed by atoms with Crippen LogP contribution in [0.5, 0.6) is 5.75 Å². The average molecular weight is 351 g/mol. The van der Waals surface area contributed by atoms with Gasteiger partial charge in [-0.25, -0.2) is 9.98 Å². The van der Waals surface area contributed by atoms with Gasteiger partial charge in [-0.05, 0) is 36.6 Å². The molecule has 0 spiro atoms. The molecule has 0 saturated carbocycles. The monoisotopic (exact) mass is 351 g/mol. The number of aromatic nitrogens is 1. The van der Waals surface area contributed by atoms with Crippen molar-refractivity contribution >= 4 is 11.8 Å². The molecular formula is C20H25N5O. The highest BCUT2D eigenvalue weighted by Crippen LogP contribution is 2.31. The summed E-state index contributed by atoms with van der Waals surface area (Å²) in [6, 6.07) is 12.3. The van der Waals surface area contributed by atoms with Crippen LogP contribution in [-0.2, 0) is 6.54 Å². The van der Waals surface area contributed by atoms with E-state index in [1.165, 1.54) is 12.8 Å². The van der Waals surface area contributed by atoms with Crippen LogP contribution in [0, 0.1) is 0 Å². The molecule has 1 fully saturated rings. The quantitative estimate of drug-likeness (QED) is 0.654. The summed E-state index contributed by atoms with van der Waals surface area (Å²) in [6.45, 7) is 3.41. The van der Waals surface area contributed by atoms with Gasteiger partial charge in [0, 0.05) is 31.3 Å². The normalized spacial score (nSPS) is 19.8. The first kappa shape index (κ1) is 16.7. The van der Waals surface area contributed by atoms with Gasteiger partial charge in [0.1, 0.15) is 11.6 Å². The van der Waals surface area contributed by atoms with Crippen molar-refractivity contribution in [2.24, 2.45) is 10.7 Å². The number of ether oxygens (including phenoxy) is 1. The van der Waals surface area contributed by atoms with Gasteiger partial charge >= 0.3 is 0 Å². The van der Waals surface area contributed by atoms with E-state index >= 15 is 0 Å². The zero-order valence-corrected chi connectivity index (χ0v) is 14.9. The molecule has 1 atom stereocenters. The third-order valence-corrected chi connectivity index (χ3v) is 4.95. The van der Waals surface area contributed by atoms with Crippen LogP contribution in [0.2, 0.25) is 0 Å². The van der Waals surface area contributed by atoms with Crippen LogP contribution in [0.1, 0.15) is 36.4 Å². The number of rotatable bonds is 4. The highest BCUT2D eigenvalue weighted by Gasteiger charge is 2.21. The number of para-hydroxylation sites is 1. The molecule has 0 amide bonds. The van der Waals surface area contributed by atoms with Crippen LogP contribution in [0.25, 0.3) is 0 Å². The summed E-state index contributed by atoms with van der Waals surface area (Å²) >= 11 is 0. The molecule has 0 bridgehead atoms. The van der Waals surface area contributed by atoms with E-state index in [-0.39, 0.29) is 6.04 Å². The van der Waals surface area contributed by atoms with Crippen molar-refractivity contribution in [1.29, 1.82) is 0 Å². The van der Waals surface area contributed by atoms with Crippen LogP contribution < -0.4 is 20.7 Å². The predicted octanol–water partition coefficient (Wildman–Crippen LogP) is 2.61. The molecule has 1 aromatic carbocycles. The van der Waals surface area contributed by atoms with Crippen LogP contribution in [0.3, 0.4) is 0 Å². The summed E-state index contributed by atoms with van der Waals surface area (Å²) in [7, 11) is 0. The molecule has 2 aliphatic heterocycles. The Morgan fingerprint density at radius 1 is 1.27 bits per heavy atom. The van der Waals surface area contributed by atoms with Crippen LogP contribution >= 0.6 is 0 Å². The lowest BCUT2D eigenvalue weighted by Crippen LogP contribution is -2.37. The molecule has 6 heteroatoms. The molecule has 2 aromatic rings. The van der Waals surface area contributed by atoms with Crippen molar-refractivity contribution < 1.29 is 4.74 Å². The minimum Gasteiger partial charge on any atom is -0.493 e. The van der Waals surface area contributed by atoms with Crippen molar-refractivity contribution in [3.8, 4) is 5.75 Å². The Balaban J connectivity index is 1.41. The van der Waals surface area contributed by atoms with Gasteiger partial charge in [0.15, 0.2) is 5.96 Å². The maximum absolute atomic E-state index is 6.14. The Morgan fingerprint density at radius 3 is 3.00 bits per heavy atom. The third-order valence-electron chi connectivity index (χ3n) is 4.95. The fourth-order valence-corrected chi connectivity index (χ4v) is 3.57. The second-order valence-corrected chi connectivity index (χ2v) is 6.79. The summed E-state index contributed by atoms with van der Waals surface area (Å²) in [5.41, 5.74) is 8.40. The first-order valence-electron chi connectivity index (χ1n) is 9.28. The Hall–Kier alpha value is -2.76. The van der Waals surface area contributed by atoms with Crippen molar-refractivity contribution in [3.63, 3.8) is 0 Å². The van der Waals surface area contributed by atoms with E-state index in [2.05, 4.69) is 32.3 Å². The minimum absolute atomic E-state index is 0.140. The third kappa shape index (κ3) is 3.74. The molecular weight excluding hydrogens is 326 g/mol. The number of hydrogen-bond acceptors (Lipinski definition) is 4. The van der Waals surface area contributed by atoms with Gasteiger partial charge in [-0.3, -0.25) is 0 Å². The largest absolute Gasteiger partial charge is 0.493 e. The van der Waals surface area contributed by atoms with Crippen LogP contribution in [0.15, 0.2) is 47.6 Å². The van der Waals surface area contributed by atoms with E-state index in [0.29, 0.717) is 19.1 Å². The molecule has 2 aliphatic rings. The molecule has 1 saturated heterocycles. The zero-order valence-electron chi connectivity index (χ0n) is 14.9. The summed E-state index contributed by atoms with van der Waals surface area (Å²) in [5, 5.41) is 3.34. The van der Waals surface area contributed by atoms with E-state index in [4.69, 9.17) is 10.5 Å². The van der Waals surface area contributed by atoms with Gasteiger partial charge in [0.2, 0.25) is 0 Å².